The van der Waals surface area contributed by atoms with Crippen LogP contribution in [0.3, 0.4) is 0 Å². The number of carbonyl (C=O) groups excluding carboxylic acids is 1. The molecule has 0 saturated heterocycles. The van der Waals surface area contributed by atoms with E-state index >= 15 is 0 Å². The maximum absolute atomic E-state index is 11.0. The van der Waals surface area contributed by atoms with Crippen LogP contribution in [0.1, 0.15) is 10.4 Å². The number of aromatic nitrogens is 1. The number of nitrogen functional groups attached to an aromatic ring is 1. The summed E-state index contributed by atoms with van der Waals surface area (Å²) in [5.74, 6) is -0.512. The van der Waals surface area contributed by atoms with Crippen LogP contribution in [0.5, 0.6) is 0 Å². The van der Waals surface area contributed by atoms with Gasteiger partial charge < -0.3 is 10.5 Å². The minimum Gasteiger partial charge on any atom is -0.465 e. The molecular formula is C7H7BN2O2. The van der Waals surface area contributed by atoms with Crippen molar-refractivity contribution in [3.05, 3.63) is 17.8 Å². The smallest absolute Gasteiger partial charge is 0.340 e. The van der Waals surface area contributed by atoms with Crippen molar-refractivity contribution in [2.75, 3.05) is 12.8 Å². The Hall–Kier alpha value is -1.52. The average Bonchev–Trinajstić information content (AvgIpc) is 2.08. The Bertz CT molecular complexity index is 314. The first-order valence-corrected chi connectivity index (χ1v) is 3.24. The van der Waals surface area contributed by atoms with Crippen molar-refractivity contribution in [2.45, 2.75) is 0 Å². The first-order valence-electron chi connectivity index (χ1n) is 3.24. The predicted octanol–water partition coefficient (Wildman–Crippen LogP) is -0.756. The molecular weight excluding hydrogens is 155 g/mol. The van der Waals surface area contributed by atoms with E-state index in [-0.39, 0.29) is 16.8 Å². The van der Waals surface area contributed by atoms with Crippen LogP contribution < -0.4 is 11.3 Å². The predicted molar refractivity (Wildman–Crippen MR) is 45.4 cm³/mol. The lowest BCUT2D eigenvalue weighted by Crippen LogP contribution is -2.14. The van der Waals surface area contributed by atoms with Gasteiger partial charge in [0.05, 0.1) is 18.4 Å². The highest BCUT2D eigenvalue weighted by Crippen LogP contribution is 2.07. The van der Waals surface area contributed by atoms with Gasteiger partial charge in [0.1, 0.15) is 7.85 Å². The molecule has 0 unspecified atom stereocenters. The number of anilines is 1. The van der Waals surface area contributed by atoms with Gasteiger partial charge in [-0.25, -0.2) is 4.79 Å². The van der Waals surface area contributed by atoms with Gasteiger partial charge in [0.2, 0.25) is 0 Å². The molecule has 0 bridgehead atoms. The normalized spacial score (nSPS) is 9.42. The van der Waals surface area contributed by atoms with Gasteiger partial charge in [0.25, 0.3) is 0 Å². The third-order valence-electron chi connectivity index (χ3n) is 1.36. The largest absolute Gasteiger partial charge is 0.465 e. The Morgan fingerprint density at radius 3 is 3.00 bits per heavy atom. The van der Waals surface area contributed by atoms with Crippen LogP contribution in [0.15, 0.2) is 12.3 Å². The van der Waals surface area contributed by atoms with Crippen molar-refractivity contribution in [3.63, 3.8) is 0 Å². The Morgan fingerprint density at radius 1 is 1.75 bits per heavy atom. The molecule has 2 N–H and O–H groups in total. The van der Waals surface area contributed by atoms with Gasteiger partial charge in [-0.05, 0) is 11.7 Å². The van der Waals surface area contributed by atoms with E-state index < -0.39 is 5.97 Å². The monoisotopic (exact) mass is 162 g/mol. The highest BCUT2D eigenvalue weighted by atomic mass is 16.5. The standard InChI is InChI=1S/C7H7BN2O2/c1-12-7(11)4-2-6(8)10-3-5(4)9/h2-3H,9H2,1H3. The second-order valence-corrected chi connectivity index (χ2v) is 2.19. The van der Waals surface area contributed by atoms with Crippen molar-refractivity contribution < 1.29 is 9.53 Å². The molecule has 0 spiro atoms. The van der Waals surface area contributed by atoms with Gasteiger partial charge in [-0.3, -0.25) is 4.98 Å². The topological polar surface area (TPSA) is 65.2 Å². The molecule has 5 heteroatoms. The summed E-state index contributed by atoms with van der Waals surface area (Å²) in [6.45, 7) is 0. The molecule has 1 rings (SSSR count). The number of ether oxygens (including phenoxy) is 1. The van der Waals surface area contributed by atoms with Crippen molar-refractivity contribution in [1.29, 1.82) is 0 Å². The average molecular weight is 162 g/mol. The SMILES string of the molecule is [B]c1cc(C(=O)OC)c(N)cn1. The number of rotatable bonds is 1. The number of nitrogens with zero attached hydrogens (tertiary/aromatic N) is 1. The zero-order valence-corrected chi connectivity index (χ0v) is 6.57. The van der Waals surface area contributed by atoms with Gasteiger partial charge in [0.15, 0.2) is 0 Å². The van der Waals surface area contributed by atoms with Crippen LogP contribution in [0, 0.1) is 0 Å². The molecule has 0 aliphatic heterocycles. The van der Waals surface area contributed by atoms with E-state index in [4.69, 9.17) is 13.6 Å². The zero-order chi connectivity index (χ0) is 9.14. The molecule has 2 radical (unpaired) electrons. The second kappa shape index (κ2) is 3.25. The van der Waals surface area contributed by atoms with Crippen LogP contribution >= 0.6 is 0 Å². The van der Waals surface area contributed by atoms with Gasteiger partial charge >= 0.3 is 5.97 Å². The number of esters is 1. The van der Waals surface area contributed by atoms with Crippen LogP contribution in [0.2, 0.25) is 0 Å². The summed E-state index contributed by atoms with van der Waals surface area (Å²) in [4.78, 5) is 14.7. The molecule has 0 fully saturated rings. The van der Waals surface area contributed by atoms with Crippen molar-refractivity contribution >= 4 is 25.1 Å². The molecule has 0 aliphatic carbocycles. The van der Waals surface area contributed by atoms with E-state index in [1.54, 1.807) is 0 Å². The van der Waals surface area contributed by atoms with Crippen LogP contribution in [-0.2, 0) is 4.74 Å². The van der Waals surface area contributed by atoms with Crippen LogP contribution in [-0.4, -0.2) is 25.9 Å². The minimum absolute atomic E-state index is 0.240. The fourth-order valence-electron chi connectivity index (χ4n) is 0.769. The number of carbonyl (C=O) groups is 1. The number of pyridine rings is 1. The summed E-state index contributed by atoms with van der Waals surface area (Å²) in [5, 5.41) is 0. The molecule has 0 aliphatic rings. The second-order valence-electron chi connectivity index (χ2n) is 2.19. The lowest BCUT2D eigenvalue weighted by molar-refractivity contribution is 0.0602. The third-order valence-corrected chi connectivity index (χ3v) is 1.36. The van der Waals surface area contributed by atoms with Gasteiger partial charge in [-0.15, -0.1) is 0 Å². The summed E-state index contributed by atoms with van der Waals surface area (Å²) >= 11 is 0. The summed E-state index contributed by atoms with van der Waals surface area (Å²) in [6, 6.07) is 1.38. The van der Waals surface area contributed by atoms with E-state index in [2.05, 4.69) is 9.72 Å². The molecule has 12 heavy (non-hydrogen) atoms. The molecule has 1 heterocycles. The summed E-state index contributed by atoms with van der Waals surface area (Å²) in [6.07, 6.45) is 1.32. The highest BCUT2D eigenvalue weighted by molar-refractivity contribution is 6.31. The number of hydrogen-bond donors (Lipinski definition) is 1. The number of nitrogens with two attached hydrogens (primary N) is 1. The van der Waals surface area contributed by atoms with Crippen molar-refractivity contribution in [1.82, 2.24) is 4.98 Å². The Balaban J connectivity index is 3.13. The van der Waals surface area contributed by atoms with Crippen LogP contribution in [0.4, 0.5) is 5.69 Å². The Labute approximate surface area is 71.1 Å². The molecule has 0 saturated carbocycles. The van der Waals surface area contributed by atoms with Crippen molar-refractivity contribution in [2.24, 2.45) is 0 Å². The Kier molecular flexibility index (Phi) is 2.33. The molecule has 0 amide bonds. The van der Waals surface area contributed by atoms with E-state index in [0.717, 1.165) is 0 Å². The maximum Gasteiger partial charge on any atom is 0.340 e. The summed E-state index contributed by atoms with van der Waals surface area (Å²) in [7, 11) is 6.62. The van der Waals surface area contributed by atoms with E-state index in [1.165, 1.54) is 19.4 Å². The molecule has 4 nitrogen and oxygen atoms in total. The maximum atomic E-state index is 11.0. The third kappa shape index (κ3) is 1.55. The highest BCUT2D eigenvalue weighted by Gasteiger charge is 2.09. The first-order chi connectivity index (χ1) is 5.65. The summed E-state index contributed by atoms with van der Waals surface area (Å²) in [5.41, 5.74) is 6.19. The van der Waals surface area contributed by atoms with E-state index in [1.807, 2.05) is 0 Å². The summed E-state index contributed by atoms with van der Waals surface area (Å²) < 4.78 is 4.47. The quantitative estimate of drug-likeness (QED) is 0.435. The fraction of sp³-hybridized carbons (Fsp3) is 0.143. The molecule has 60 valence electrons. The number of methoxy groups -OCH3 is 1. The Morgan fingerprint density at radius 2 is 2.42 bits per heavy atom. The number of hydrogen-bond acceptors (Lipinski definition) is 4. The van der Waals surface area contributed by atoms with E-state index in [9.17, 15) is 4.79 Å². The first kappa shape index (κ1) is 8.58. The van der Waals surface area contributed by atoms with Crippen molar-refractivity contribution in [3.8, 4) is 0 Å². The van der Waals surface area contributed by atoms with E-state index in [0.29, 0.717) is 0 Å². The lowest BCUT2D eigenvalue weighted by Gasteiger charge is -2.03. The minimum atomic E-state index is -0.512. The van der Waals surface area contributed by atoms with Crippen LogP contribution in [0.25, 0.3) is 0 Å². The molecule has 0 aromatic carbocycles. The molecule has 1 aromatic rings. The van der Waals surface area contributed by atoms with Gasteiger partial charge in [-0.2, -0.15) is 0 Å². The fourth-order valence-corrected chi connectivity index (χ4v) is 0.769. The molecule has 0 atom stereocenters. The van der Waals surface area contributed by atoms with Gasteiger partial charge in [-0.1, -0.05) is 0 Å². The lowest BCUT2D eigenvalue weighted by atomic mass is 10.0. The molecule has 1 aromatic heterocycles. The zero-order valence-electron chi connectivity index (χ0n) is 6.57. The van der Waals surface area contributed by atoms with Gasteiger partial charge in [0, 0.05) is 6.20 Å².